The van der Waals surface area contributed by atoms with E-state index in [4.69, 9.17) is 16.3 Å². The van der Waals surface area contributed by atoms with Crippen LogP contribution < -0.4 is 9.64 Å². The molecule has 30 heavy (non-hydrogen) atoms. The number of non-ortho nitro benzene ring substituents is 1. The number of benzene rings is 2. The van der Waals surface area contributed by atoms with Crippen LogP contribution in [0.1, 0.15) is 38.2 Å². The molecule has 0 amide bonds. The van der Waals surface area contributed by atoms with Crippen molar-refractivity contribution >= 4 is 34.0 Å². The summed E-state index contributed by atoms with van der Waals surface area (Å²) in [6, 6.07) is 12.7. The molecule has 0 radical (unpaired) electrons. The second-order valence-electron chi connectivity index (χ2n) is 6.78. The van der Waals surface area contributed by atoms with Crippen LogP contribution in [0, 0.1) is 10.1 Å². The van der Waals surface area contributed by atoms with Gasteiger partial charge in [-0.05, 0) is 48.1 Å². The molecule has 1 fully saturated rings. The number of hydrogen-bond donors (Lipinski definition) is 0. The van der Waals surface area contributed by atoms with Crippen molar-refractivity contribution in [3.63, 3.8) is 0 Å². The molecule has 0 aliphatic carbocycles. The van der Waals surface area contributed by atoms with Gasteiger partial charge in [-0.3, -0.25) is 10.1 Å². The lowest BCUT2D eigenvalue weighted by atomic mass is 9.88. The molecule has 0 atom stereocenters. The van der Waals surface area contributed by atoms with Crippen LogP contribution in [0.25, 0.3) is 10.9 Å². The second kappa shape index (κ2) is 9.71. The van der Waals surface area contributed by atoms with E-state index in [1.165, 1.54) is 17.7 Å². The summed E-state index contributed by atoms with van der Waals surface area (Å²) in [5.74, 6) is 1.95. The van der Waals surface area contributed by atoms with Gasteiger partial charge in [0, 0.05) is 30.6 Å². The number of ether oxygens (including phenoxy) is 1. The van der Waals surface area contributed by atoms with Gasteiger partial charge in [0.05, 0.1) is 17.5 Å². The number of hydrogen-bond acceptors (Lipinski definition) is 6. The van der Waals surface area contributed by atoms with E-state index in [2.05, 4.69) is 20.9 Å². The summed E-state index contributed by atoms with van der Waals surface area (Å²) in [5.41, 5.74) is 1.84. The maximum absolute atomic E-state index is 11.2. The predicted molar refractivity (Wildman–Crippen MR) is 120 cm³/mol. The Morgan fingerprint density at radius 2 is 1.83 bits per heavy atom. The summed E-state index contributed by atoms with van der Waals surface area (Å²) < 4.78 is 5.50. The monoisotopic (exact) mass is 428 g/mol. The van der Waals surface area contributed by atoms with Crippen LogP contribution in [0.5, 0.6) is 5.75 Å². The molecular weight excluding hydrogens is 404 g/mol. The maximum atomic E-state index is 11.2. The first-order valence-electron chi connectivity index (χ1n) is 10.1. The number of nitro groups is 1. The first-order chi connectivity index (χ1) is 14.6. The summed E-state index contributed by atoms with van der Waals surface area (Å²) >= 11 is 6.11. The van der Waals surface area contributed by atoms with Crippen molar-refractivity contribution in [1.29, 1.82) is 0 Å². The molecule has 0 saturated carbocycles. The number of nitro benzene ring substituents is 1. The van der Waals surface area contributed by atoms with Crippen molar-refractivity contribution < 1.29 is 9.66 Å². The van der Waals surface area contributed by atoms with Gasteiger partial charge in [-0.2, -0.15) is 4.98 Å². The average Bonchev–Trinajstić information content (AvgIpc) is 2.79. The number of aromatic nitrogens is 2. The molecule has 0 spiro atoms. The third-order valence-electron chi connectivity index (χ3n) is 5.22. The lowest BCUT2D eigenvalue weighted by Crippen LogP contribution is -2.33. The Morgan fingerprint density at radius 3 is 2.50 bits per heavy atom. The summed E-state index contributed by atoms with van der Waals surface area (Å²) in [6.07, 6.45) is 1.86. The number of methoxy groups -OCH3 is 1. The molecule has 1 saturated heterocycles. The minimum absolute atomic E-state index is 0.0172. The highest BCUT2D eigenvalue weighted by Gasteiger charge is 2.25. The fourth-order valence-electron chi connectivity index (χ4n) is 3.83. The van der Waals surface area contributed by atoms with Crippen LogP contribution in [0.15, 0.2) is 42.5 Å². The van der Waals surface area contributed by atoms with E-state index in [0.717, 1.165) is 31.7 Å². The van der Waals surface area contributed by atoms with Gasteiger partial charge in [0.15, 0.2) is 0 Å². The van der Waals surface area contributed by atoms with E-state index in [1.807, 2.05) is 32.0 Å². The van der Waals surface area contributed by atoms with E-state index in [-0.39, 0.29) is 11.0 Å². The molecule has 0 bridgehead atoms. The molecule has 4 rings (SSSR count). The van der Waals surface area contributed by atoms with E-state index >= 15 is 0 Å². The zero-order valence-electron chi connectivity index (χ0n) is 17.3. The summed E-state index contributed by atoms with van der Waals surface area (Å²) in [7, 11) is 1.69. The van der Waals surface area contributed by atoms with Crippen molar-refractivity contribution in [3.8, 4) is 5.75 Å². The van der Waals surface area contributed by atoms with E-state index in [1.54, 1.807) is 13.2 Å². The molecule has 1 aliphatic rings. The zero-order chi connectivity index (χ0) is 21.7. The SMILES string of the molecule is CC.COc1ccccc1C1CCN(c2nc(Cl)nc3ccc([N+](=O)[O-])cc23)CC1. The number of para-hydroxylation sites is 1. The highest BCUT2D eigenvalue weighted by atomic mass is 35.5. The van der Waals surface area contributed by atoms with Gasteiger partial charge in [0.2, 0.25) is 5.28 Å². The number of rotatable bonds is 4. The molecule has 1 aromatic heterocycles. The van der Waals surface area contributed by atoms with Gasteiger partial charge in [0.25, 0.3) is 5.69 Å². The molecule has 158 valence electrons. The van der Waals surface area contributed by atoms with Gasteiger partial charge < -0.3 is 9.64 Å². The normalized spacial score (nSPS) is 14.2. The van der Waals surface area contributed by atoms with Crippen LogP contribution in [0.2, 0.25) is 5.28 Å². The van der Waals surface area contributed by atoms with Gasteiger partial charge in [-0.15, -0.1) is 0 Å². The molecule has 3 aromatic rings. The topological polar surface area (TPSA) is 81.4 Å². The number of halogens is 1. The Hall–Kier alpha value is -2.93. The van der Waals surface area contributed by atoms with Gasteiger partial charge in [-0.25, -0.2) is 4.98 Å². The smallest absolute Gasteiger partial charge is 0.270 e. The Balaban J connectivity index is 0.00000124. The van der Waals surface area contributed by atoms with Gasteiger partial charge >= 0.3 is 0 Å². The zero-order valence-corrected chi connectivity index (χ0v) is 18.1. The Morgan fingerprint density at radius 1 is 1.13 bits per heavy atom. The van der Waals surface area contributed by atoms with Gasteiger partial charge in [-0.1, -0.05) is 32.0 Å². The van der Waals surface area contributed by atoms with Crippen LogP contribution in [-0.2, 0) is 0 Å². The lowest BCUT2D eigenvalue weighted by Gasteiger charge is -2.34. The first kappa shape index (κ1) is 21.8. The molecule has 1 aliphatic heterocycles. The first-order valence-corrected chi connectivity index (χ1v) is 10.4. The Kier molecular flexibility index (Phi) is 7.05. The van der Waals surface area contributed by atoms with Crippen LogP contribution in [-0.4, -0.2) is 35.1 Å². The minimum Gasteiger partial charge on any atom is -0.496 e. The minimum atomic E-state index is -0.411. The molecule has 2 aromatic carbocycles. The number of anilines is 1. The highest BCUT2D eigenvalue weighted by Crippen LogP contribution is 2.37. The van der Waals surface area contributed by atoms with Crippen LogP contribution in [0.3, 0.4) is 0 Å². The number of nitrogens with zero attached hydrogens (tertiary/aromatic N) is 4. The predicted octanol–water partition coefficient (Wildman–Crippen LogP) is 5.61. The molecule has 0 unspecified atom stereocenters. The van der Waals surface area contributed by atoms with Crippen molar-refractivity contribution in [2.75, 3.05) is 25.1 Å². The molecule has 0 N–H and O–H groups in total. The van der Waals surface area contributed by atoms with E-state index in [9.17, 15) is 10.1 Å². The largest absolute Gasteiger partial charge is 0.496 e. The average molecular weight is 429 g/mol. The van der Waals surface area contributed by atoms with Crippen molar-refractivity contribution in [1.82, 2.24) is 9.97 Å². The fourth-order valence-corrected chi connectivity index (χ4v) is 4.00. The Labute approximate surface area is 180 Å². The summed E-state index contributed by atoms with van der Waals surface area (Å²) in [6.45, 7) is 5.54. The number of piperidine rings is 1. The Bertz CT molecular complexity index is 1040. The summed E-state index contributed by atoms with van der Waals surface area (Å²) in [4.78, 5) is 21.5. The fraction of sp³-hybridized carbons (Fsp3) is 0.364. The maximum Gasteiger partial charge on any atom is 0.270 e. The van der Waals surface area contributed by atoms with Crippen molar-refractivity contribution in [2.45, 2.75) is 32.6 Å². The quantitative estimate of drug-likeness (QED) is 0.305. The molecule has 2 heterocycles. The number of fused-ring (bicyclic) bond motifs is 1. The third-order valence-corrected chi connectivity index (χ3v) is 5.39. The van der Waals surface area contributed by atoms with Crippen LogP contribution >= 0.6 is 11.6 Å². The standard InChI is InChI=1S/C20H19ClN4O3.C2H6/c1-28-18-5-3-2-4-15(18)13-8-10-24(11-9-13)19-16-12-14(25(26)27)6-7-17(16)22-20(21)23-19;1-2/h2-7,12-13H,8-11H2,1H3;1-2H3. The second-order valence-corrected chi connectivity index (χ2v) is 7.12. The van der Waals surface area contributed by atoms with E-state index in [0.29, 0.717) is 22.6 Å². The summed E-state index contributed by atoms with van der Waals surface area (Å²) in [5, 5.41) is 12.0. The molecular formula is C22H25ClN4O3. The van der Waals surface area contributed by atoms with Crippen LogP contribution in [0.4, 0.5) is 11.5 Å². The van der Waals surface area contributed by atoms with Crippen molar-refractivity contribution in [3.05, 3.63) is 63.4 Å². The molecule has 8 heteroatoms. The van der Waals surface area contributed by atoms with Gasteiger partial charge in [0.1, 0.15) is 11.6 Å². The molecule has 7 nitrogen and oxygen atoms in total. The highest BCUT2D eigenvalue weighted by molar-refractivity contribution is 6.28. The van der Waals surface area contributed by atoms with E-state index < -0.39 is 4.92 Å². The lowest BCUT2D eigenvalue weighted by molar-refractivity contribution is -0.384. The third kappa shape index (κ3) is 4.46. The van der Waals surface area contributed by atoms with Crippen molar-refractivity contribution in [2.24, 2.45) is 0 Å².